The van der Waals surface area contributed by atoms with Crippen molar-refractivity contribution < 1.29 is 19.1 Å². The number of ketones is 1. The van der Waals surface area contributed by atoms with Gasteiger partial charge in [-0.05, 0) is 31.5 Å². The highest BCUT2D eigenvalue weighted by molar-refractivity contribution is 5.97. The van der Waals surface area contributed by atoms with Gasteiger partial charge in [0.25, 0.3) is 0 Å². The van der Waals surface area contributed by atoms with E-state index < -0.39 is 0 Å². The topological polar surface area (TPSA) is 55.8 Å². The molecule has 5 nitrogen and oxygen atoms in total. The second kappa shape index (κ2) is 8.04. The van der Waals surface area contributed by atoms with Crippen LogP contribution in [0.5, 0.6) is 11.5 Å². The van der Waals surface area contributed by atoms with E-state index in [0.29, 0.717) is 24.4 Å². The molecule has 0 aromatic heterocycles. The van der Waals surface area contributed by atoms with Crippen molar-refractivity contribution in [2.24, 2.45) is 0 Å². The number of carbonyl (C=O) groups is 2. The SMILES string of the molecule is CCN(Cc1ccc2c(c1)OCO2)C(=O)CCC(=O)c1ccc(C)cc1. The fraction of sp³-hybridized carbons (Fsp3) is 0.333. The molecule has 0 fully saturated rings. The predicted octanol–water partition coefficient (Wildman–Crippen LogP) is 3.74. The number of Topliss-reactive ketones (excluding diaryl/α,β-unsaturated/α-hetero) is 1. The van der Waals surface area contributed by atoms with Crippen LogP contribution in [0.15, 0.2) is 42.5 Å². The molecule has 0 radical (unpaired) electrons. The molecule has 2 aromatic rings. The van der Waals surface area contributed by atoms with Gasteiger partial charge in [-0.2, -0.15) is 0 Å². The minimum atomic E-state index is -0.0226. The molecule has 1 amide bonds. The summed E-state index contributed by atoms with van der Waals surface area (Å²) in [5, 5.41) is 0. The molecule has 136 valence electrons. The van der Waals surface area contributed by atoms with E-state index in [4.69, 9.17) is 9.47 Å². The van der Waals surface area contributed by atoms with Gasteiger partial charge in [-0.3, -0.25) is 9.59 Å². The van der Waals surface area contributed by atoms with Crippen LogP contribution in [0.3, 0.4) is 0 Å². The number of carbonyl (C=O) groups excluding carboxylic acids is 2. The van der Waals surface area contributed by atoms with Gasteiger partial charge in [-0.15, -0.1) is 0 Å². The van der Waals surface area contributed by atoms with Crippen molar-refractivity contribution in [1.29, 1.82) is 0 Å². The van der Waals surface area contributed by atoms with Gasteiger partial charge in [0, 0.05) is 31.5 Å². The van der Waals surface area contributed by atoms with E-state index in [1.165, 1.54) is 0 Å². The Bertz CT molecular complexity index is 798. The first-order chi connectivity index (χ1) is 12.6. The third-order valence-electron chi connectivity index (χ3n) is 4.48. The monoisotopic (exact) mass is 353 g/mol. The molecule has 0 unspecified atom stereocenters. The molecule has 0 bridgehead atoms. The Morgan fingerprint density at radius 2 is 1.73 bits per heavy atom. The number of amides is 1. The lowest BCUT2D eigenvalue weighted by Crippen LogP contribution is -2.30. The lowest BCUT2D eigenvalue weighted by atomic mass is 10.0. The van der Waals surface area contributed by atoms with Crippen molar-refractivity contribution in [2.45, 2.75) is 33.2 Å². The standard InChI is InChI=1S/C21H23NO4/c1-3-22(13-16-6-10-19-20(12-16)26-14-25-19)21(24)11-9-18(23)17-7-4-15(2)5-8-17/h4-8,10,12H,3,9,11,13-14H2,1-2H3. The Labute approximate surface area is 153 Å². The van der Waals surface area contributed by atoms with Crippen LogP contribution >= 0.6 is 0 Å². The number of benzene rings is 2. The molecule has 5 heteroatoms. The van der Waals surface area contributed by atoms with Gasteiger partial charge >= 0.3 is 0 Å². The third kappa shape index (κ3) is 4.23. The van der Waals surface area contributed by atoms with E-state index in [2.05, 4.69) is 0 Å². The van der Waals surface area contributed by atoms with Gasteiger partial charge in [0.05, 0.1) is 0 Å². The molecule has 3 rings (SSSR count). The minimum Gasteiger partial charge on any atom is -0.454 e. The first-order valence-electron chi connectivity index (χ1n) is 8.83. The normalized spacial score (nSPS) is 12.1. The van der Waals surface area contributed by atoms with Gasteiger partial charge in [-0.1, -0.05) is 35.9 Å². The fourth-order valence-electron chi connectivity index (χ4n) is 2.90. The molecule has 0 aliphatic carbocycles. The molecule has 1 heterocycles. The lowest BCUT2D eigenvalue weighted by molar-refractivity contribution is -0.131. The Kier molecular flexibility index (Phi) is 5.56. The second-order valence-corrected chi connectivity index (χ2v) is 6.38. The number of fused-ring (bicyclic) bond motifs is 1. The summed E-state index contributed by atoms with van der Waals surface area (Å²) in [6, 6.07) is 13.1. The zero-order chi connectivity index (χ0) is 18.5. The molecular formula is C21H23NO4. The van der Waals surface area contributed by atoms with E-state index in [1.807, 2.05) is 56.3 Å². The summed E-state index contributed by atoms with van der Waals surface area (Å²) in [5.74, 6) is 1.41. The van der Waals surface area contributed by atoms with Gasteiger partial charge < -0.3 is 14.4 Å². The first-order valence-corrected chi connectivity index (χ1v) is 8.83. The molecule has 26 heavy (non-hydrogen) atoms. The van der Waals surface area contributed by atoms with Crippen LogP contribution in [0, 0.1) is 6.92 Å². The van der Waals surface area contributed by atoms with Gasteiger partial charge in [0.1, 0.15) is 0 Å². The molecule has 0 spiro atoms. The quantitative estimate of drug-likeness (QED) is 0.712. The van der Waals surface area contributed by atoms with Crippen LogP contribution < -0.4 is 9.47 Å². The number of hydrogen-bond acceptors (Lipinski definition) is 4. The molecule has 1 aliphatic heterocycles. The summed E-state index contributed by atoms with van der Waals surface area (Å²) >= 11 is 0. The highest BCUT2D eigenvalue weighted by Crippen LogP contribution is 2.32. The van der Waals surface area contributed by atoms with E-state index in [9.17, 15) is 9.59 Å². The Morgan fingerprint density at radius 1 is 1.00 bits per heavy atom. The summed E-state index contributed by atoms with van der Waals surface area (Å²) < 4.78 is 10.7. The van der Waals surface area contributed by atoms with Crippen molar-refractivity contribution in [3.8, 4) is 11.5 Å². The highest BCUT2D eigenvalue weighted by Gasteiger charge is 2.17. The molecule has 0 N–H and O–H groups in total. The Morgan fingerprint density at radius 3 is 2.46 bits per heavy atom. The number of aryl methyl sites for hydroxylation is 1. The number of ether oxygens (including phenoxy) is 2. The van der Waals surface area contributed by atoms with Crippen LogP contribution in [0.4, 0.5) is 0 Å². The van der Waals surface area contributed by atoms with E-state index in [0.717, 1.165) is 16.9 Å². The average Bonchev–Trinajstić information content (AvgIpc) is 3.12. The summed E-state index contributed by atoms with van der Waals surface area (Å²) in [4.78, 5) is 26.5. The van der Waals surface area contributed by atoms with E-state index in [1.54, 1.807) is 4.90 Å². The average molecular weight is 353 g/mol. The molecule has 0 saturated heterocycles. The van der Waals surface area contributed by atoms with Crippen LogP contribution in [-0.4, -0.2) is 29.9 Å². The van der Waals surface area contributed by atoms with E-state index in [-0.39, 0.29) is 31.3 Å². The number of rotatable bonds is 7. The molecular weight excluding hydrogens is 330 g/mol. The van der Waals surface area contributed by atoms with Crippen molar-refractivity contribution in [3.63, 3.8) is 0 Å². The second-order valence-electron chi connectivity index (χ2n) is 6.38. The summed E-state index contributed by atoms with van der Waals surface area (Å²) in [7, 11) is 0. The first kappa shape index (κ1) is 18.0. The van der Waals surface area contributed by atoms with Crippen molar-refractivity contribution in [3.05, 3.63) is 59.2 Å². The molecule has 2 aromatic carbocycles. The van der Waals surface area contributed by atoms with Crippen molar-refractivity contribution >= 4 is 11.7 Å². The van der Waals surface area contributed by atoms with E-state index >= 15 is 0 Å². The Balaban J connectivity index is 1.56. The smallest absolute Gasteiger partial charge is 0.231 e. The maximum atomic E-state index is 12.5. The maximum absolute atomic E-state index is 12.5. The summed E-state index contributed by atoms with van der Waals surface area (Å²) in [6.45, 7) is 5.23. The summed E-state index contributed by atoms with van der Waals surface area (Å²) in [5.41, 5.74) is 2.75. The largest absolute Gasteiger partial charge is 0.454 e. The number of nitrogens with zero attached hydrogens (tertiary/aromatic N) is 1. The molecule has 1 aliphatic rings. The van der Waals surface area contributed by atoms with Crippen LogP contribution in [0.25, 0.3) is 0 Å². The number of hydrogen-bond donors (Lipinski definition) is 0. The summed E-state index contributed by atoms with van der Waals surface area (Å²) in [6.07, 6.45) is 0.435. The van der Waals surface area contributed by atoms with Gasteiger partial charge in [-0.25, -0.2) is 0 Å². The van der Waals surface area contributed by atoms with Gasteiger partial charge in [0.2, 0.25) is 12.7 Å². The lowest BCUT2D eigenvalue weighted by Gasteiger charge is -2.21. The van der Waals surface area contributed by atoms with Gasteiger partial charge in [0.15, 0.2) is 17.3 Å². The maximum Gasteiger partial charge on any atom is 0.231 e. The van der Waals surface area contributed by atoms with Crippen molar-refractivity contribution in [1.82, 2.24) is 4.90 Å². The zero-order valence-corrected chi connectivity index (χ0v) is 15.2. The van der Waals surface area contributed by atoms with Crippen LogP contribution in [0.2, 0.25) is 0 Å². The minimum absolute atomic E-state index is 0.00233. The van der Waals surface area contributed by atoms with Crippen molar-refractivity contribution in [2.75, 3.05) is 13.3 Å². The fourth-order valence-corrected chi connectivity index (χ4v) is 2.90. The zero-order valence-electron chi connectivity index (χ0n) is 15.2. The molecule has 0 atom stereocenters. The highest BCUT2D eigenvalue weighted by atomic mass is 16.7. The Hall–Kier alpha value is -2.82. The third-order valence-corrected chi connectivity index (χ3v) is 4.48. The van der Waals surface area contributed by atoms with Crippen LogP contribution in [0.1, 0.15) is 41.3 Å². The van der Waals surface area contributed by atoms with Crippen LogP contribution in [-0.2, 0) is 11.3 Å². The molecule has 0 saturated carbocycles. The predicted molar refractivity (Wildman–Crippen MR) is 98.4 cm³/mol.